The summed E-state index contributed by atoms with van der Waals surface area (Å²) >= 11 is 0. The van der Waals surface area contributed by atoms with Crippen molar-refractivity contribution in [3.05, 3.63) is 35.5 Å². The van der Waals surface area contributed by atoms with Crippen LogP contribution in [0.15, 0.2) is 18.3 Å². The summed E-state index contributed by atoms with van der Waals surface area (Å²) in [6, 6.07) is 4.85. The Hall–Kier alpha value is -1.99. The van der Waals surface area contributed by atoms with Crippen molar-refractivity contribution in [3.8, 4) is 0 Å². The maximum Gasteiger partial charge on any atom is 0.167 e. The van der Waals surface area contributed by atoms with E-state index >= 15 is 0 Å². The molecule has 1 aliphatic rings. The van der Waals surface area contributed by atoms with Crippen LogP contribution in [0.2, 0.25) is 0 Å². The molecule has 0 bridgehead atoms. The molecule has 0 aliphatic carbocycles. The Bertz CT molecular complexity index is 683. The highest BCUT2D eigenvalue weighted by atomic mass is 16.5. The lowest BCUT2D eigenvalue weighted by Crippen LogP contribution is -2.27. The lowest BCUT2D eigenvalue weighted by molar-refractivity contribution is 0.107. The van der Waals surface area contributed by atoms with Gasteiger partial charge < -0.3 is 9.64 Å². The third-order valence-corrected chi connectivity index (χ3v) is 4.94. The Morgan fingerprint density at radius 1 is 1.40 bits per heavy atom. The third kappa shape index (κ3) is 3.99. The zero-order valence-corrected chi connectivity index (χ0v) is 15.7. The van der Waals surface area contributed by atoms with Gasteiger partial charge in [-0.05, 0) is 38.8 Å². The van der Waals surface area contributed by atoms with E-state index in [1.54, 1.807) is 7.11 Å². The summed E-state index contributed by atoms with van der Waals surface area (Å²) in [5.41, 5.74) is 1.19. The summed E-state index contributed by atoms with van der Waals surface area (Å²) < 4.78 is 5.58. The van der Waals surface area contributed by atoms with Crippen LogP contribution in [0.3, 0.4) is 0 Å². The van der Waals surface area contributed by atoms with E-state index in [2.05, 4.69) is 63.0 Å². The minimum Gasteiger partial charge on any atom is -0.380 e. The molecule has 1 saturated heterocycles. The second-order valence-corrected chi connectivity index (χ2v) is 7.05. The van der Waals surface area contributed by atoms with Gasteiger partial charge in [0.1, 0.15) is 11.6 Å². The first-order chi connectivity index (χ1) is 12.0. The fourth-order valence-electron chi connectivity index (χ4n) is 3.20. The van der Waals surface area contributed by atoms with E-state index in [1.807, 2.05) is 13.1 Å². The lowest BCUT2D eigenvalue weighted by atomic mass is 10.1. The van der Waals surface area contributed by atoms with Gasteiger partial charge >= 0.3 is 0 Å². The van der Waals surface area contributed by atoms with Crippen LogP contribution in [-0.4, -0.2) is 57.9 Å². The van der Waals surface area contributed by atoms with Gasteiger partial charge in [0, 0.05) is 39.5 Å². The fourth-order valence-corrected chi connectivity index (χ4v) is 3.20. The molecule has 3 rings (SSSR count). The van der Waals surface area contributed by atoms with E-state index in [4.69, 9.17) is 4.74 Å². The minimum atomic E-state index is 0.174. The molecule has 1 fully saturated rings. The zero-order chi connectivity index (χ0) is 18.0. The number of likely N-dealkylation sites (tertiary alicyclic amines) is 1. The molecule has 0 saturated carbocycles. The van der Waals surface area contributed by atoms with Crippen LogP contribution in [-0.2, 0) is 11.3 Å². The topological polar surface area (TPSA) is 70.2 Å². The summed E-state index contributed by atoms with van der Waals surface area (Å²) in [6.45, 7) is 7.94. The SMILES string of the molecule is CO[C@@H]1C[C@@H](c2n[nH]c(C)n2)N(Cc2ccc(N(C)C(C)C)nc2)C1. The number of anilines is 1. The molecule has 7 heteroatoms. The van der Waals surface area contributed by atoms with Gasteiger partial charge in [0.25, 0.3) is 0 Å². The number of hydrogen-bond acceptors (Lipinski definition) is 6. The van der Waals surface area contributed by atoms with Crippen LogP contribution < -0.4 is 4.90 Å². The van der Waals surface area contributed by atoms with Crippen LogP contribution in [0.1, 0.15) is 43.5 Å². The molecule has 1 aliphatic heterocycles. The Morgan fingerprint density at radius 2 is 2.20 bits per heavy atom. The Balaban J connectivity index is 1.73. The molecule has 0 radical (unpaired) electrons. The van der Waals surface area contributed by atoms with Crippen LogP contribution >= 0.6 is 0 Å². The normalized spacial score (nSPS) is 21.2. The smallest absolute Gasteiger partial charge is 0.167 e. The Kier molecular flexibility index (Phi) is 5.34. The molecule has 3 heterocycles. The third-order valence-electron chi connectivity index (χ3n) is 4.94. The number of rotatable bonds is 6. The molecule has 0 aromatic carbocycles. The number of aromatic nitrogens is 4. The minimum absolute atomic E-state index is 0.174. The fraction of sp³-hybridized carbons (Fsp3) is 0.611. The van der Waals surface area contributed by atoms with Crippen molar-refractivity contribution < 1.29 is 4.74 Å². The van der Waals surface area contributed by atoms with Gasteiger partial charge in [-0.2, -0.15) is 5.10 Å². The molecule has 0 unspecified atom stereocenters. The van der Waals surface area contributed by atoms with Gasteiger partial charge in [0.2, 0.25) is 0 Å². The first-order valence-corrected chi connectivity index (χ1v) is 8.81. The van der Waals surface area contributed by atoms with Gasteiger partial charge in [-0.15, -0.1) is 0 Å². The summed E-state index contributed by atoms with van der Waals surface area (Å²) in [4.78, 5) is 13.7. The molecule has 0 amide bonds. The van der Waals surface area contributed by atoms with Crippen LogP contribution in [0.5, 0.6) is 0 Å². The maximum atomic E-state index is 5.58. The Labute approximate surface area is 149 Å². The molecule has 1 N–H and O–H groups in total. The molecule has 0 spiro atoms. The summed E-state index contributed by atoms with van der Waals surface area (Å²) in [7, 11) is 3.84. The predicted octanol–water partition coefficient (Wildman–Crippen LogP) is 2.31. The van der Waals surface area contributed by atoms with E-state index in [0.717, 1.165) is 37.0 Å². The average Bonchev–Trinajstić information content (AvgIpc) is 3.20. The predicted molar refractivity (Wildman–Crippen MR) is 97.5 cm³/mol. The quantitative estimate of drug-likeness (QED) is 0.867. The molecule has 136 valence electrons. The summed E-state index contributed by atoms with van der Waals surface area (Å²) in [6.07, 6.45) is 3.09. The number of methoxy groups -OCH3 is 1. The highest BCUT2D eigenvalue weighted by Gasteiger charge is 2.35. The van der Waals surface area contributed by atoms with Crippen molar-refractivity contribution in [1.29, 1.82) is 0 Å². The first-order valence-electron chi connectivity index (χ1n) is 8.81. The number of aromatic amines is 1. The second-order valence-electron chi connectivity index (χ2n) is 7.05. The average molecular weight is 344 g/mol. The molecular weight excluding hydrogens is 316 g/mol. The molecular formula is C18H28N6O. The summed E-state index contributed by atoms with van der Waals surface area (Å²) in [5, 5.41) is 7.31. The number of hydrogen-bond donors (Lipinski definition) is 1. The number of nitrogens with one attached hydrogen (secondary N) is 1. The van der Waals surface area contributed by atoms with Gasteiger partial charge in [0.05, 0.1) is 12.1 Å². The number of aryl methyl sites for hydroxylation is 1. The highest BCUT2D eigenvalue weighted by Crippen LogP contribution is 2.32. The van der Waals surface area contributed by atoms with E-state index in [-0.39, 0.29) is 12.1 Å². The van der Waals surface area contributed by atoms with Gasteiger partial charge in [0.15, 0.2) is 5.82 Å². The largest absolute Gasteiger partial charge is 0.380 e. The molecule has 25 heavy (non-hydrogen) atoms. The molecule has 2 atom stereocenters. The van der Waals surface area contributed by atoms with Gasteiger partial charge in [-0.25, -0.2) is 9.97 Å². The van der Waals surface area contributed by atoms with E-state index in [1.165, 1.54) is 5.56 Å². The van der Waals surface area contributed by atoms with Crippen molar-refractivity contribution in [1.82, 2.24) is 25.1 Å². The molecule has 7 nitrogen and oxygen atoms in total. The Morgan fingerprint density at radius 3 is 2.76 bits per heavy atom. The van der Waals surface area contributed by atoms with E-state index < -0.39 is 0 Å². The van der Waals surface area contributed by atoms with Crippen LogP contribution in [0.25, 0.3) is 0 Å². The number of nitrogens with zero attached hydrogens (tertiary/aromatic N) is 5. The molecule has 2 aromatic heterocycles. The monoisotopic (exact) mass is 344 g/mol. The van der Waals surface area contributed by atoms with Gasteiger partial charge in [-0.3, -0.25) is 10.00 Å². The van der Waals surface area contributed by atoms with Gasteiger partial charge in [-0.1, -0.05) is 6.07 Å². The highest BCUT2D eigenvalue weighted by molar-refractivity contribution is 5.39. The zero-order valence-electron chi connectivity index (χ0n) is 15.7. The maximum absolute atomic E-state index is 5.58. The number of pyridine rings is 1. The van der Waals surface area contributed by atoms with Crippen LogP contribution in [0.4, 0.5) is 5.82 Å². The number of H-pyrrole nitrogens is 1. The summed E-state index contributed by atoms with van der Waals surface area (Å²) in [5.74, 6) is 2.69. The molecule has 2 aromatic rings. The number of ether oxygens (including phenoxy) is 1. The van der Waals surface area contributed by atoms with Crippen molar-refractivity contribution in [2.75, 3.05) is 25.6 Å². The van der Waals surface area contributed by atoms with Crippen molar-refractivity contribution in [2.24, 2.45) is 0 Å². The van der Waals surface area contributed by atoms with E-state index in [9.17, 15) is 0 Å². The standard InChI is InChI=1S/C18H28N6O/c1-12(2)23(4)17-7-6-14(9-19-17)10-24-11-15(25-5)8-16(24)18-20-13(3)21-22-18/h6-7,9,12,15-16H,8,10-11H2,1-5H3,(H,20,21,22)/t15-,16+/m1/s1. The van der Waals surface area contributed by atoms with Crippen LogP contribution in [0, 0.1) is 6.92 Å². The van der Waals surface area contributed by atoms with Crippen molar-refractivity contribution in [2.45, 2.75) is 51.9 Å². The lowest BCUT2D eigenvalue weighted by Gasteiger charge is -2.24. The first kappa shape index (κ1) is 17.8. The van der Waals surface area contributed by atoms with Crippen molar-refractivity contribution >= 4 is 5.82 Å². The van der Waals surface area contributed by atoms with E-state index in [0.29, 0.717) is 6.04 Å². The second kappa shape index (κ2) is 7.49. The van der Waals surface area contributed by atoms with Crippen molar-refractivity contribution in [3.63, 3.8) is 0 Å².